The minimum absolute atomic E-state index is 0.0237. The van der Waals surface area contributed by atoms with Crippen molar-refractivity contribution in [2.24, 2.45) is 5.92 Å². The molecule has 0 spiro atoms. The first-order valence-corrected chi connectivity index (χ1v) is 8.50. The molecule has 128 valence electrons. The molecule has 25 heavy (non-hydrogen) atoms. The Morgan fingerprint density at radius 1 is 1.36 bits per heavy atom. The van der Waals surface area contributed by atoms with E-state index in [-0.39, 0.29) is 17.7 Å². The average Bonchev–Trinajstić information content (AvgIpc) is 3.32. The molecule has 1 amide bonds. The number of imidazole rings is 1. The zero-order valence-corrected chi connectivity index (χ0v) is 14.4. The van der Waals surface area contributed by atoms with Crippen LogP contribution in [0.4, 0.5) is 0 Å². The van der Waals surface area contributed by atoms with Gasteiger partial charge in [0.15, 0.2) is 0 Å². The van der Waals surface area contributed by atoms with Gasteiger partial charge < -0.3 is 14.5 Å². The van der Waals surface area contributed by atoms with E-state index in [4.69, 9.17) is 4.74 Å². The van der Waals surface area contributed by atoms with Crippen molar-refractivity contribution in [2.45, 2.75) is 25.8 Å². The minimum Gasteiger partial charge on any atom is -0.496 e. The molecule has 1 aliphatic rings. The molecule has 1 saturated carbocycles. The molecule has 0 bridgehead atoms. The Morgan fingerprint density at radius 2 is 2.20 bits per heavy atom. The lowest BCUT2D eigenvalue weighted by atomic mass is 10.1. The van der Waals surface area contributed by atoms with E-state index in [1.807, 2.05) is 60.1 Å². The van der Waals surface area contributed by atoms with E-state index < -0.39 is 0 Å². The number of fused-ring (bicyclic) bond motifs is 1. The number of carbonyl (C=O) groups is 1. The first-order chi connectivity index (χ1) is 12.2. The van der Waals surface area contributed by atoms with Crippen molar-refractivity contribution in [1.29, 1.82) is 0 Å². The first-order valence-electron chi connectivity index (χ1n) is 8.50. The normalized spacial score (nSPS) is 19.0. The van der Waals surface area contributed by atoms with Gasteiger partial charge >= 0.3 is 0 Å². The molecule has 4 rings (SSSR count). The summed E-state index contributed by atoms with van der Waals surface area (Å²) in [6, 6.07) is 12.0. The van der Waals surface area contributed by atoms with Crippen LogP contribution in [0.5, 0.6) is 5.75 Å². The number of hydrogen-bond donors (Lipinski definition) is 1. The van der Waals surface area contributed by atoms with Gasteiger partial charge in [-0.05, 0) is 48.6 Å². The number of aryl methyl sites for hydroxylation is 1. The van der Waals surface area contributed by atoms with Crippen LogP contribution < -0.4 is 10.1 Å². The largest absolute Gasteiger partial charge is 0.496 e. The summed E-state index contributed by atoms with van der Waals surface area (Å²) >= 11 is 0. The Morgan fingerprint density at radius 3 is 3.04 bits per heavy atom. The number of hydrogen-bond acceptors (Lipinski definition) is 3. The lowest BCUT2D eigenvalue weighted by Crippen LogP contribution is -2.25. The van der Waals surface area contributed by atoms with Crippen LogP contribution in [0.3, 0.4) is 0 Å². The van der Waals surface area contributed by atoms with E-state index in [1.165, 1.54) is 5.56 Å². The number of nitrogens with one attached hydrogen (secondary N) is 1. The molecule has 2 heterocycles. The van der Waals surface area contributed by atoms with Crippen molar-refractivity contribution in [3.8, 4) is 5.75 Å². The number of ether oxygens (including phenoxy) is 1. The Balaban J connectivity index is 1.39. The highest BCUT2D eigenvalue weighted by Crippen LogP contribution is 2.50. The van der Waals surface area contributed by atoms with Crippen LogP contribution in [0.15, 0.2) is 48.8 Å². The number of pyridine rings is 1. The lowest BCUT2D eigenvalue weighted by molar-refractivity contribution is -0.122. The maximum atomic E-state index is 12.4. The Kier molecular flexibility index (Phi) is 3.92. The molecule has 1 N–H and O–H groups in total. The van der Waals surface area contributed by atoms with E-state index in [0.29, 0.717) is 6.54 Å². The van der Waals surface area contributed by atoms with Crippen LogP contribution in [0.2, 0.25) is 0 Å². The van der Waals surface area contributed by atoms with Crippen LogP contribution in [0.1, 0.15) is 29.2 Å². The van der Waals surface area contributed by atoms with Gasteiger partial charge in [-0.15, -0.1) is 0 Å². The molecule has 5 heteroatoms. The van der Waals surface area contributed by atoms with Gasteiger partial charge in [-0.2, -0.15) is 0 Å². The molecule has 2 unspecified atom stereocenters. The molecule has 1 aromatic carbocycles. The number of para-hydroxylation sites is 1. The number of rotatable bonds is 5. The molecule has 1 aliphatic carbocycles. The summed E-state index contributed by atoms with van der Waals surface area (Å²) in [6.45, 7) is 2.50. The summed E-state index contributed by atoms with van der Waals surface area (Å²) in [5.41, 5.74) is 4.07. The zero-order chi connectivity index (χ0) is 17.4. The summed E-state index contributed by atoms with van der Waals surface area (Å²) in [6.07, 6.45) is 4.82. The standard InChI is InChI=1S/C20H21N3O2/c1-13-7-8-23-12-14(22-19(23)9-13)11-21-20(24)17-10-16(17)15-5-3-4-6-18(15)25-2/h3-9,12,16-17H,10-11H2,1-2H3,(H,21,24). The van der Waals surface area contributed by atoms with E-state index in [1.54, 1.807) is 7.11 Å². The third kappa shape index (κ3) is 3.09. The second-order valence-electron chi connectivity index (χ2n) is 6.61. The fourth-order valence-corrected chi connectivity index (χ4v) is 3.33. The van der Waals surface area contributed by atoms with Crippen molar-refractivity contribution in [3.63, 3.8) is 0 Å². The van der Waals surface area contributed by atoms with E-state index in [0.717, 1.165) is 29.1 Å². The number of amides is 1. The fraction of sp³-hybridized carbons (Fsp3) is 0.300. The van der Waals surface area contributed by atoms with Crippen molar-refractivity contribution < 1.29 is 9.53 Å². The van der Waals surface area contributed by atoms with Crippen molar-refractivity contribution in [2.75, 3.05) is 7.11 Å². The molecule has 3 aromatic rings. The molecule has 2 aromatic heterocycles. The third-order valence-electron chi connectivity index (χ3n) is 4.77. The van der Waals surface area contributed by atoms with Gasteiger partial charge in [0.25, 0.3) is 0 Å². The second kappa shape index (κ2) is 6.24. The number of nitrogens with zero attached hydrogens (tertiary/aromatic N) is 2. The molecular weight excluding hydrogens is 314 g/mol. The van der Waals surface area contributed by atoms with Crippen LogP contribution in [-0.2, 0) is 11.3 Å². The Hall–Kier alpha value is -2.82. The van der Waals surface area contributed by atoms with Gasteiger partial charge in [-0.1, -0.05) is 18.2 Å². The van der Waals surface area contributed by atoms with Gasteiger partial charge in [0.1, 0.15) is 11.4 Å². The molecule has 0 saturated heterocycles. The predicted molar refractivity (Wildman–Crippen MR) is 95.6 cm³/mol. The number of benzene rings is 1. The summed E-state index contributed by atoms with van der Waals surface area (Å²) in [5, 5.41) is 3.02. The monoisotopic (exact) mass is 335 g/mol. The highest BCUT2D eigenvalue weighted by molar-refractivity contribution is 5.83. The minimum atomic E-state index is 0.0237. The third-order valence-corrected chi connectivity index (χ3v) is 4.77. The number of aromatic nitrogens is 2. The fourth-order valence-electron chi connectivity index (χ4n) is 3.33. The summed E-state index contributed by atoms with van der Waals surface area (Å²) in [5.74, 6) is 1.22. The van der Waals surface area contributed by atoms with Crippen LogP contribution in [-0.4, -0.2) is 22.4 Å². The smallest absolute Gasteiger partial charge is 0.224 e. The average molecular weight is 335 g/mol. The number of carbonyl (C=O) groups excluding carboxylic acids is 1. The lowest BCUT2D eigenvalue weighted by Gasteiger charge is -2.07. The van der Waals surface area contributed by atoms with E-state index in [2.05, 4.69) is 10.3 Å². The van der Waals surface area contributed by atoms with E-state index >= 15 is 0 Å². The maximum Gasteiger partial charge on any atom is 0.224 e. The predicted octanol–water partition coefficient (Wildman–Crippen LogP) is 3.07. The van der Waals surface area contributed by atoms with Crippen molar-refractivity contribution >= 4 is 11.6 Å². The van der Waals surface area contributed by atoms with Crippen LogP contribution in [0, 0.1) is 12.8 Å². The first kappa shape index (κ1) is 15.7. The van der Waals surface area contributed by atoms with Gasteiger partial charge in [0.05, 0.1) is 19.3 Å². The topological polar surface area (TPSA) is 55.6 Å². The second-order valence-corrected chi connectivity index (χ2v) is 6.61. The van der Waals surface area contributed by atoms with Crippen molar-refractivity contribution in [3.05, 3.63) is 65.6 Å². The van der Waals surface area contributed by atoms with Crippen LogP contribution >= 0.6 is 0 Å². The van der Waals surface area contributed by atoms with Gasteiger partial charge in [0.2, 0.25) is 5.91 Å². The number of methoxy groups -OCH3 is 1. The molecule has 0 aliphatic heterocycles. The molecule has 5 nitrogen and oxygen atoms in total. The maximum absolute atomic E-state index is 12.4. The molecular formula is C20H21N3O2. The molecule has 0 radical (unpaired) electrons. The quantitative estimate of drug-likeness (QED) is 0.779. The van der Waals surface area contributed by atoms with E-state index in [9.17, 15) is 4.79 Å². The van der Waals surface area contributed by atoms with Gasteiger partial charge in [0, 0.05) is 18.3 Å². The SMILES string of the molecule is COc1ccccc1C1CC1C(=O)NCc1cn2ccc(C)cc2n1. The Labute approximate surface area is 146 Å². The molecule has 1 fully saturated rings. The van der Waals surface area contributed by atoms with Crippen molar-refractivity contribution in [1.82, 2.24) is 14.7 Å². The highest BCUT2D eigenvalue weighted by atomic mass is 16.5. The summed E-state index contributed by atoms with van der Waals surface area (Å²) in [7, 11) is 1.67. The van der Waals surface area contributed by atoms with Crippen LogP contribution in [0.25, 0.3) is 5.65 Å². The molecule has 2 atom stereocenters. The van der Waals surface area contributed by atoms with Gasteiger partial charge in [-0.3, -0.25) is 4.79 Å². The highest BCUT2D eigenvalue weighted by Gasteiger charge is 2.45. The van der Waals surface area contributed by atoms with Gasteiger partial charge in [-0.25, -0.2) is 4.98 Å². The Bertz CT molecular complexity index is 932. The zero-order valence-electron chi connectivity index (χ0n) is 14.4. The summed E-state index contributed by atoms with van der Waals surface area (Å²) < 4.78 is 7.38. The summed E-state index contributed by atoms with van der Waals surface area (Å²) in [4.78, 5) is 17.0.